The van der Waals surface area contributed by atoms with Crippen molar-refractivity contribution in [1.82, 2.24) is 63.0 Å². The topological polar surface area (TPSA) is 885 Å². The molecule has 2 rings (SSSR count). The molecule has 2 saturated heterocycles. The van der Waals surface area contributed by atoms with E-state index in [-0.39, 0.29) is 210 Å². The molecule has 2 aliphatic rings. The minimum Gasteiger partial charge on any atom is -0.481 e. The van der Waals surface area contributed by atoms with E-state index >= 15 is 0 Å². The number of carbonyl (C=O) groups excluding carboxylic acids is 12. The van der Waals surface area contributed by atoms with Crippen LogP contribution in [0.25, 0.3) is 0 Å². The molecule has 50 heteroatoms. The third kappa shape index (κ3) is 38.7. The highest BCUT2D eigenvalue weighted by Crippen LogP contribution is 2.23. The van der Waals surface area contributed by atoms with Crippen molar-refractivity contribution >= 4 is 119 Å². The monoisotopic (exact) mass is 1650 g/mol. The number of nitrogens with one attached hydrogen (secondary N) is 10. The first-order valence-electron chi connectivity index (χ1n) is 37.9. The van der Waals surface area contributed by atoms with Gasteiger partial charge in [-0.2, -0.15) is 0 Å². The van der Waals surface area contributed by atoms with Crippen LogP contribution < -0.4 is 133 Å². The van der Waals surface area contributed by atoms with Crippen LogP contribution in [0.5, 0.6) is 0 Å². The number of likely N-dealkylation sites (tertiary alicyclic amines) is 2. The molecule has 0 aromatic carbocycles. The van der Waals surface area contributed by atoms with Crippen LogP contribution in [-0.2, 0) is 67.1 Å². The van der Waals surface area contributed by atoms with Crippen LogP contribution in [0.3, 0.4) is 0 Å². The number of amides is 12. The Morgan fingerprint density at radius 2 is 0.638 bits per heavy atom. The van der Waals surface area contributed by atoms with E-state index in [1.807, 2.05) is 0 Å². The minimum absolute atomic E-state index is 0.00179. The second-order valence-corrected chi connectivity index (χ2v) is 27.4. The molecule has 12 amide bonds. The number of nitrogens with zero attached hydrogens (tertiary/aromatic N) is 8. The van der Waals surface area contributed by atoms with E-state index in [2.05, 4.69) is 83.1 Å². The first kappa shape index (κ1) is 100. The number of hydrogen-bond acceptors (Lipinski definition) is 24. The normalized spacial score (nSPS) is 16.4. The van der Waals surface area contributed by atoms with Gasteiger partial charge in [0.05, 0.1) is 19.3 Å². The van der Waals surface area contributed by atoms with Crippen molar-refractivity contribution in [3.63, 3.8) is 0 Å². The summed E-state index contributed by atoms with van der Waals surface area (Å²) in [6.45, 7) is -0.828. The summed E-state index contributed by atoms with van der Waals surface area (Å²) in [5.74, 6) is -15.8. The molecule has 654 valence electrons. The zero-order valence-corrected chi connectivity index (χ0v) is 65.3. The highest BCUT2D eigenvalue weighted by molar-refractivity contribution is 6.00. The van der Waals surface area contributed by atoms with Gasteiger partial charge in [-0.05, 0) is 142 Å². The summed E-state index contributed by atoms with van der Waals surface area (Å²) < 4.78 is 0. The van der Waals surface area contributed by atoms with E-state index in [0.717, 1.165) is 9.80 Å². The van der Waals surface area contributed by atoms with Crippen molar-refractivity contribution in [2.45, 2.75) is 220 Å². The van der Waals surface area contributed by atoms with Crippen LogP contribution in [-0.4, -0.2) is 299 Å². The summed E-state index contributed by atoms with van der Waals surface area (Å²) >= 11 is 0. The van der Waals surface area contributed by atoms with Crippen molar-refractivity contribution in [3.05, 3.63) is 0 Å². The van der Waals surface area contributed by atoms with E-state index in [4.69, 9.17) is 80.3 Å². The molecule has 2 aliphatic heterocycles. The van der Waals surface area contributed by atoms with Gasteiger partial charge in [0.15, 0.2) is 35.8 Å². The van der Waals surface area contributed by atoms with Gasteiger partial charge in [-0.15, -0.1) is 0 Å². The van der Waals surface area contributed by atoms with Gasteiger partial charge < -0.3 is 164 Å². The van der Waals surface area contributed by atoms with E-state index in [9.17, 15) is 87.5 Å². The molecule has 2 heterocycles. The number of aliphatic hydroxyl groups is 2. The lowest BCUT2D eigenvalue weighted by atomic mass is 10.0. The Labute approximate surface area is 669 Å². The fourth-order valence-electron chi connectivity index (χ4n) is 12.1. The second-order valence-electron chi connectivity index (χ2n) is 27.4. The van der Waals surface area contributed by atoms with Gasteiger partial charge in [0.25, 0.3) is 0 Å². The number of carboxylic acid groups (broad SMARTS) is 2. The highest BCUT2D eigenvalue weighted by atomic mass is 16.4. The van der Waals surface area contributed by atoms with Crippen LogP contribution in [0.1, 0.15) is 142 Å². The Hall–Kier alpha value is -12.0. The average molecular weight is 1650 g/mol. The lowest BCUT2D eigenvalue weighted by Gasteiger charge is -2.31. The molecule has 0 bridgehead atoms. The summed E-state index contributed by atoms with van der Waals surface area (Å²) in [7, 11) is 0. The maximum atomic E-state index is 14.9. The number of nitrogens with two attached hydrogens (primary N) is 14. The molecule has 0 spiro atoms. The van der Waals surface area contributed by atoms with Gasteiger partial charge >= 0.3 is 11.9 Å². The highest BCUT2D eigenvalue weighted by Gasteiger charge is 2.43. The summed E-state index contributed by atoms with van der Waals surface area (Å²) in [6, 6.07) is -19.3. The predicted molar refractivity (Wildman–Crippen MR) is 423 cm³/mol. The van der Waals surface area contributed by atoms with Crippen molar-refractivity contribution in [3.8, 4) is 0 Å². The maximum absolute atomic E-state index is 14.9. The zero-order chi connectivity index (χ0) is 87.1. The summed E-state index contributed by atoms with van der Waals surface area (Å²) in [5.41, 5.74) is 77.8. The van der Waals surface area contributed by atoms with E-state index in [1.54, 1.807) is 0 Å². The molecule has 13 atom stereocenters. The Morgan fingerprint density at radius 3 is 0.974 bits per heavy atom. The molecule has 116 heavy (non-hydrogen) atoms. The second kappa shape index (κ2) is 53.9. The number of hydrogen-bond donors (Lipinski definition) is 28. The lowest BCUT2D eigenvalue weighted by Crippen LogP contribution is -2.61. The number of aliphatic hydroxyl groups excluding tert-OH is 2. The average Bonchev–Trinajstić information content (AvgIpc) is 1.65. The van der Waals surface area contributed by atoms with Crippen molar-refractivity contribution < 1.29 is 87.5 Å². The molecule has 0 saturated carbocycles. The number of carbonyl (C=O) groups is 14. The Balaban J connectivity index is 2.49. The Kier molecular flexibility index (Phi) is 46.5. The summed E-state index contributed by atoms with van der Waals surface area (Å²) in [6.07, 6.45) is -0.441. The molecule has 42 N–H and O–H groups in total. The molecule has 0 aliphatic carbocycles. The number of aliphatic carboxylic acids is 2. The van der Waals surface area contributed by atoms with Crippen LogP contribution in [0.2, 0.25) is 0 Å². The van der Waals surface area contributed by atoms with Crippen LogP contribution in [0.4, 0.5) is 0 Å². The molecule has 50 nitrogen and oxygen atoms in total. The predicted octanol–water partition coefficient (Wildman–Crippen LogP) is -13.5. The van der Waals surface area contributed by atoms with Crippen molar-refractivity contribution in [1.29, 1.82) is 0 Å². The van der Waals surface area contributed by atoms with Gasteiger partial charge in [-0.1, -0.05) is 0 Å². The first-order chi connectivity index (χ1) is 54.8. The SMILES string of the molecule is C[C@H](NC(=O)[C@H](CCC(=O)O)NC(=O)[C@@H]1CCCN1C(=O)[C@H](CCCCN)NC(=O)[C@H](CCCN=C(N)N)NC(=O)[C@H](CO)NC(=O)[C@H](CCCN=C(N)N)NC(=O)[C@H](CCCN=C(N)N)NC(=O)[C@@H](N)CCCN=C(N)N)C(=O)N1CCC[C@H]1C(=O)N[C@@H](CCCN=C(N)N)C(=O)N[C@@H](CCCN=C(N)N)C(=O)N[C@@H](CO)C(=O)O. The van der Waals surface area contributed by atoms with E-state index in [0.29, 0.717) is 6.42 Å². The molecule has 0 aromatic rings. The standard InChI is InChI=1S/C66H122N32O18/c1-34(58(113)97-30-10-19-45(97)56(111)92-40(18-9-29-86-66(79)80)51(106)90-39(17-8-28-85-65(77)78)54(109)96-44(33-100)60(115)116)87-49(104)41(21-22-47(101)102)93-57(112)46-20-11-31-98(46)59(114)42(13-2-3-23-67)94-52(107)37(15-6-26-83-63(73)74)91-55(110)43(32-99)95-53(108)38(16-7-27-84-64(75)76)89-50(105)36(14-5-25-82-62(71)72)88-48(103)35(68)12-4-24-81-61(69)70/h34-46,99-100H,2-33,67-68H2,1H3,(H,87,104)(H,88,103)(H,89,105)(H,90,106)(H,91,110)(H,92,111)(H,93,112)(H,94,107)(H,95,108)(H,96,109)(H,101,102)(H,115,116)(H4,69,70,81)(H4,71,72,82)(H4,73,74,83)(H4,75,76,84)(H4,77,78,85)(H4,79,80,86)/t34-,35-,36-,37-,38-,39-,40-,41-,42-,43-,44-,45-,46-/m0/s1. The van der Waals surface area contributed by atoms with Gasteiger partial charge in [-0.25, -0.2) is 4.79 Å². The molecule has 0 radical (unpaired) electrons. The fourth-order valence-corrected chi connectivity index (χ4v) is 12.1. The van der Waals surface area contributed by atoms with Crippen molar-refractivity contribution in [2.75, 3.05) is 72.1 Å². The fraction of sp³-hybridized carbons (Fsp3) is 0.697. The number of guanidine groups is 6. The minimum atomic E-state index is -1.85. The molecule has 0 aromatic heterocycles. The van der Waals surface area contributed by atoms with E-state index < -0.39 is 187 Å². The van der Waals surface area contributed by atoms with Crippen LogP contribution >= 0.6 is 0 Å². The molecular formula is C66H122N32O18. The summed E-state index contributed by atoms with van der Waals surface area (Å²) in [4.78, 5) is 220. The van der Waals surface area contributed by atoms with Crippen molar-refractivity contribution in [2.24, 2.45) is 110 Å². The van der Waals surface area contributed by atoms with E-state index in [1.165, 1.54) is 6.92 Å². The van der Waals surface area contributed by atoms with Gasteiger partial charge in [-0.3, -0.25) is 92.3 Å². The Morgan fingerprint density at radius 1 is 0.353 bits per heavy atom. The van der Waals surface area contributed by atoms with Crippen LogP contribution in [0.15, 0.2) is 30.0 Å². The number of carboxylic acids is 2. The largest absolute Gasteiger partial charge is 0.481 e. The Bertz CT molecular complexity index is 3450. The van der Waals surface area contributed by atoms with Crippen LogP contribution in [0, 0.1) is 0 Å². The number of aliphatic imine (C=N–C) groups is 6. The number of rotatable bonds is 56. The molecular weight excluding hydrogens is 1530 g/mol. The number of unbranched alkanes of at least 4 members (excludes halogenated alkanes) is 1. The quantitative estimate of drug-likeness (QED) is 0.0153. The molecule has 0 unspecified atom stereocenters. The van der Waals surface area contributed by atoms with Gasteiger partial charge in [0, 0.05) is 58.8 Å². The van der Waals surface area contributed by atoms with Gasteiger partial charge in [0.1, 0.15) is 72.5 Å². The zero-order valence-electron chi connectivity index (χ0n) is 65.3. The third-order valence-electron chi connectivity index (χ3n) is 18.1. The molecule has 2 fully saturated rings. The third-order valence-corrected chi connectivity index (χ3v) is 18.1. The smallest absolute Gasteiger partial charge is 0.328 e. The maximum Gasteiger partial charge on any atom is 0.328 e. The van der Waals surface area contributed by atoms with Gasteiger partial charge in [0.2, 0.25) is 70.9 Å². The lowest BCUT2D eigenvalue weighted by molar-refractivity contribution is -0.144. The summed E-state index contributed by atoms with van der Waals surface area (Å²) in [5, 5.41) is 64.5. The first-order valence-corrected chi connectivity index (χ1v) is 37.9.